The first-order valence-corrected chi connectivity index (χ1v) is 9.63. The fourth-order valence-electron chi connectivity index (χ4n) is 3.85. The molecule has 1 aromatic rings. The van der Waals surface area contributed by atoms with E-state index in [4.69, 9.17) is 0 Å². The molecule has 2 fully saturated rings. The lowest BCUT2D eigenvalue weighted by molar-refractivity contribution is -0.131. The van der Waals surface area contributed by atoms with Gasteiger partial charge < -0.3 is 9.80 Å². The Bertz CT molecular complexity index is 653. The molecule has 2 aliphatic rings. The summed E-state index contributed by atoms with van der Waals surface area (Å²) in [7, 11) is 0. The standard InChI is InChI=1S/C21H27FN2O2/c22-19(15-17-7-2-1-3-8-17)21(26)24-14-6-9-18(16-24)10-11-20(25)23-12-4-5-13-23/h1-3,7-8,15,18H,4-6,9-14,16H2/b19-15-/t18-/m0/s1. The zero-order valence-electron chi connectivity index (χ0n) is 15.2. The minimum Gasteiger partial charge on any atom is -0.343 e. The van der Waals surface area contributed by atoms with Crippen LogP contribution < -0.4 is 0 Å². The van der Waals surface area contributed by atoms with Gasteiger partial charge in [0, 0.05) is 32.6 Å². The average Bonchev–Trinajstić information content (AvgIpc) is 3.21. The highest BCUT2D eigenvalue weighted by Crippen LogP contribution is 2.24. The fourth-order valence-corrected chi connectivity index (χ4v) is 3.85. The fraction of sp³-hybridized carbons (Fsp3) is 0.524. The number of nitrogens with zero attached hydrogens (tertiary/aromatic N) is 2. The van der Waals surface area contributed by atoms with Crippen molar-refractivity contribution >= 4 is 17.9 Å². The number of rotatable bonds is 5. The summed E-state index contributed by atoms with van der Waals surface area (Å²) < 4.78 is 14.3. The summed E-state index contributed by atoms with van der Waals surface area (Å²) in [4.78, 5) is 28.1. The molecule has 1 atom stereocenters. The molecule has 2 heterocycles. The van der Waals surface area contributed by atoms with E-state index < -0.39 is 11.7 Å². The van der Waals surface area contributed by atoms with Crippen LogP contribution >= 0.6 is 0 Å². The van der Waals surface area contributed by atoms with Crippen LogP contribution in [0.3, 0.4) is 0 Å². The number of piperidine rings is 1. The molecule has 1 aromatic carbocycles. The van der Waals surface area contributed by atoms with Gasteiger partial charge in [-0.15, -0.1) is 0 Å². The first kappa shape index (κ1) is 18.6. The molecule has 0 aromatic heterocycles. The normalized spacial score (nSPS) is 21.1. The molecule has 5 heteroatoms. The summed E-state index contributed by atoms with van der Waals surface area (Å²) in [5, 5.41) is 0. The molecule has 4 nitrogen and oxygen atoms in total. The third-order valence-corrected chi connectivity index (χ3v) is 5.33. The second-order valence-corrected chi connectivity index (χ2v) is 7.29. The van der Waals surface area contributed by atoms with E-state index in [0.717, 1.165) is 45.2 Å². The van der Waals surface area contributed by atoms with Crippen molar-refractivity contribution in [1.82, 2.24) is 9.80 Å². The van der Waals surface area contributed by atoms with Crippen molar-refractivity contribution < 1.29 is 14.0 Å². The van der Waals surface area contributed by atoms with Crippen molar-refractivity contribution in [2.75, 3.05) is 26.2 Å². The first-order chi connectivity index (χ1) is 12.6. The maximum atomic E-state index is 14.3. The van der Waals surface area contributed by atoms with E-state index in [1.54, 1.807) is 17.0 Å². The maximum absolute atomic E-state index is 14.3. The van der Waals surface area contributed by atoms with Crippen molar-refractivity contribution in [2.24, 2.45) is 5.92 Å². The Hall–Kier alpha value is -2.17. The molecule has 2 amide bonds. The van der Waals surface area contributed by atoms with Crippen LogP contribution in [0.2, 0.25) is 0 Å². The summed E-state index contributed by atoms with van der Waals surface area (Å²) in [6.07, 6.45) is 6.68. The van der Waals surface area contributed by atoms with Gasteiger partial charge in [0.1, 0.15) is 0 Å². The number of likely N-dealkylation sites (tertiary alicyclic amines) is 2. The van der Waals surface area contributed by atoms with Gasteiger partial charge >= 0.3 is 0 Å². The average molecular weight is 358 g/mol. The van der Waals surface area contributed by atoms with Gasteiger partial charge in [0.15, 0.2) is 5.83 Å². The molecule has 0 N–H and O–H groups in total. The molecule has 0 unspecified atom stereocenters. The van der Waals surface area contributed by atoms with Gasteiger partial charge in [0.2, 0.25) is 5.91 Å². The van der Waals surface area contributed by atoms with Crippen molar-refractivity contribution in [1.29, 1.82) is 0 Å². The van der Waals surface area contributed by atoms with E-state index in [1.807, 2.05) is 23.1 Å². The lowest BCUT2D eigenvalue weighted by atomic mass is 9.93. The van der Waals surface area contributed by atoms with E-state index in [-0.39, 0.29) is 11.8 Å². The smallest absolute Gasteiger partial charge is 0.282 e. The number of amides is 2. The Balaban J connectivity index is 1.51. The molecule has 140 valence electrons. The second-order valence-electron chi connectivity index (χ2n) is 7.29. The molecule has 0 aliphatic carbocycles. The number of halogens is 1. The summed E-state index contributed by atoms with van der Waals surface area (Å²) >= 11 is 0. The van der Waals surface area contributed by atoms with Crippen LogP contribution in [0.25, 0.3) is 6.08 Å². The third-order valence-electron chi connectivity index (χ3n) is 5.33. The van der Waals surface area contributed by atoms with Crippen molar-refractivity contribution in [3.8, 4) is 0 Å². The SMILES string of the molecule is O=C(CC[C@@H]1CCCN(C(=O)/C(F)=C/c2ccccc2)C1)N1CCCC1. The van der Waals surface area contributed by atoms with Crippen molar-refractivity contribution in [3.05, 3.63) is 41.7 Å². The van der Waals surface area contributed by atoms with Crippen LogP contribution in [0.5, 0.6) is 0 Å². The first-order valence-electron chi connectivity index (χ1n) is 9.63. The van der Waals surface area contributed by atoms with Gasteiger partial charge in [0.05, 0.1) is 0 Å². The Morgan fingerprint density at radius 2 is 1.73 bits per heavy atom. The largest absolute Gasteiger partial charge is 0.343 e. The molecule has 2 saturated heterocycles. The molecule has 0 bridgehead atoms. The Labute approximate surface area is 154 Å². The monoisotopic (exact) mass is 358 g/mol. The molecule has 0 spiro atoms. The van der Waals surface area contributed by atoms with E-state index in [0.29, 0.717) is 25.1 Å². The van der Waals surface area contributed by atoms with Crippen LogP contribution in [0.1, 0.15) is 44.1 Å². The molecule has 2 aliphatic heterocycles. The highest BCUT2D eigenvalue weighted by molar-refractivity contribution is 5.95. The van der Waals surface area contributed by atoms with Gasteiger partial charge in [-0.3, -0.25) is 9.59 Å². The quantitative estimate of drug-likeness (QED) is 0.754. The van der Waals surface area contributed by atoms with Gasteiger partial charge in [-0.05, 0) is 49.7 Å². The van der Waals surface area contributed by atoms with Gasteiger partial charge in [0.25, 0.3) is 5.91 Å². The molecular weight excluding hydrogens is 331 g/mol. The number of carbonyl (C=O) groups excluding carboxylic acids is 2. The minimum absolute atomic E-state index is 0.223. The summed E-state index contributed by atoms with van der Waals surface area (Å²) in [5.74, 6) is -0.751. The van der Waals surface area contributed by atoms with Crippen LogP contribution in [0.15, 0.2) is 36.2 Å². The Kier molecular flexibility index (Phi) is 6.42. The number of benzene rings is 1. The molecule has 3 rings (SSSR count). The predicted molar refractivity (Wildman–Crippen MR) is 99.9 cm³/mol. The van der Waals surface area contributed by atoms with E-state index >= 15 is 0 Å². The van der Waals surface area contributed by atoms with Crippen LogP contribution in [-0.2, 0) is 9.59 Å². The van der Waals surface area contributed by atoms with Crippen LogP contribution in [0, 0.1) is 5.92 Å². The van der Waals surface area contributed by atoms with Crippen molar-refractivity contribution in [2.45, 2.75) is 38.5 Å². The summed E-state index contributed by atoms with van der Waals surface area (Å²) in [6, 6.07) is 9.04. The minimum atomic E-state index is -0.718. The van der Waals surface area contributed by atoms with Crippen LogP contribution in [0.4, 0.5) is 4.39 Å². The topological polar surface area (TPSA) is 40.6 Å². The predicted octanol–water partition coefficient (Wildman–Crippen LogP) is 3.64. The van der Waals surface area contributed by atoms with Crippen molar-refractivity contribution in [3.63, 3.8) is 0 Å². The van der Waals surface area contributed by atoms with Gasteiger partial charge in [-0.1, -0.05) is 30.3 Å². The maximum Gasteiger partial charge on any atom is 0.282 e. The van der Waals surface area contributed by atoms with E-state index in [9.17, 15) is 14.0 Å². The van der Waals surface area contributed by atoms with Gasteiger partial charge in [-0.25, -0.2) is 4.39 Å². The highest BCUT2D eigenvalue weighted by Gasteiger charge is 2.27. The summed E-state index contributed by atoms with van der Waals surface area (Å²) in [5.41, 5.74) is 0.683. The van der Waals surface area contributed by atoms with Crippen LogP contribution in [-0.4, -0.2) is 47.8 Å². The zero-order valence-corrected chi connectivity index (χ0v) is 15.2. The van der Waals surface area contributed by atoms with E-state index in [2.05, 4.69) is 0 Å². The highest BCUT2D eigenvalue weighted by atomic mass is 19.1. The Morgan fingerprint density at radius 3 is 2.46 bits per heavy atom. The molecule has 0 radical (unpaired) electrons. The lowest BCUT2D eigenvalue weighted by Gasteiger charge is -2.32. The zero-order chi connectivity index (χ0) is 18.4. The third kappa shape index (κ3) is 4.93. The molecule has 26 heavy (non-hydrogen) atoms. The number of carbonyl (C=O) groups is 2. The Morgan fingerprint density at radius 1 is 1.04 bits per heavy atom. The number of hydrogen-bond donors (Lipinski definition) is 0. The second kappa shape index (κ2) is 8.97. The molecule has 0 saturated carbocycles. The van der Waals surface area contributed by atoms with E-state index in [1.165, 1.54) is 6.08 Å². The molecular formula is C21H27FN2O2. The number of hydrogen-bond acceptors (Lipinski definition) is 2. The lowest BCUT2D eigenvalue weighted by Crippen LogP contribution is -2.40. The summed E-state index contributed by atoms with van der Waals surface area (Å²) in [6.45, 7) is 2.89. The van der Waals surface area contributed by atoms with Gasteiger partial charge in [-0.2, -0.15) is 0 Å².